The third-order valence-corrected chi connectivity index (χ3v) is 2.81. The Kier molecular flexibility index (Phi) is 6.39. The topological polar surface area (TPSA) is 58.6 Å². The number of hydrogen-bond acceptors (Lipinski definition) is 3. The van der Waals surface area contributed by atoms with Crippen LogP contribution in [0.3, 0.4) is 0 Å². The normalized spacial score (nSPS) is 14.1. The highest BCUT2D eigenvalue weighted by atomic mass is 16.5. The SMILES string of the molecule is CCCC(NC(COC)c1ccccc1)C(=O)O. The Morgan fingerprint density at radius 2 is 2.06 bits per heavy atom. The van der Waals surface area contributed by atoms with E-state index in [-0.39, 0.29) is 6.04 Å². The molecule has 18 heavy (non-hydrogen) atoms. The number of hydrogen-bond donors (Lipinski definition) is 2. The zero-order valence-electron chi connectivity index (χ0n) is 10.9. The molecule has 0 saturated heterocycles. The molecule has 1 rings (SSSR count). The van der Waals surface area contributed by atoms with Gasteiger partial charge in [0.2, 0.25) is 0 Å². The predicted molar refractivity (Wildman–Crippen MR) is 70.5 cm³/mol. The van der Waals surface area contributed by atoms with Gasteiger partial charge in [-0.25, -0.2) is 0 Å². The van der Waals surface area contributed by atoms with Gasteiger partial charge in [-0.15, -0.1) is 0 Å². The van der Waals surface area contributed by atoms with Crippen LogP contribution < -0.4 is 5.32 Å². The number of carboxylic acid groups (broad SMARTS) is 1. The summed E-state index contributed by atoms with van der Waals surface area (Å²) in [6.45, 7) is 2.43. The van der Waals surface area contributed by atoms with Crippen LogP contribution in [-0.4, -0.2) is 30.8 Å². The highest BCUT2D eigenvalue weighted by molar-refractivity contribution is 5.73. The molecule has 4 nitrogen and oxygen atoms in total. The van der Waals surface area contributed by atoms with E-state index < -0.39 is 12.0 Å². The van der Waals surface area contributed by atoms with Gasteiger partial charge in [-0.1, -0.05) is 43.7 Å². The Balaban J connectivity index is 2.76. The monoisotopic (exact) mass is 251 g/mol. The average molecular weight is 251 g/mol. The number of methoxy groups -OCH3 is 1. The fraction of sp³-hybridized carbons (Fsp3) is 0.500. The quantitative estimate of drug-likeness (QED) is 0.743. The van der Waals surface area contributed by atoms with E-state index in [0.29, 0.717) is 13.0 Å². The smallest absolute Gasteiger partial charge is 0.320 e. The van der Waals surface area contributed by atoms with Gasteiger partial charge in [0.15, 0.2) is 0 Å². The van der Waals surface area contributed by atoms with Crippen molar-refractivity contribution in [2.75, 3.05) is 13.7 Å². The van der Waals surface area contributed by atoms with E-state index in [2.05, 4.69) is 5.32 Å². The molecule has 2 unspecified atom stereocenters. The molecular formula is C14H21NO3. The number of rotatable bonds is 8. The molecule has 0 bridgehead atoms. The van der Waals surface area contributed by atoms with Gasteiger partial charge in [-0.2, -0.15) is 0 Å². The van der Waals surface area contributed by atoms with E-state index in [0.717, 1.165) is 12.0 Å². The first-order valence-corrected chi connectivity index (χ1v) is 6.21. The maximum atomic E-state index is 11.2. The molecule has 2 atom stereocenters. The highest BCUT2D eigenvalue weighted by Gasteiger charge is 2.21. The van der Waals surface area contributed by atoms with Crippen LogP contribution >= 0.6 is 0 Å². The van der Waals surface area contributed by atoms with Crippen molar-refractivity contribution in [2.45, 2.75) is 31.8 Å². The second kappa shape index (κ2) is 7.84. The Bertz CT molecular complexity index is 353. The summed E-state index contributed by atoms with van der Waals surface area (Å²) in [4.78, 5) is 11.2. The first kappa shape index (κ1) is 14.7. The van der Waals surface area contributed by atoms with Gasteiger partial charge < -0.3 is 9.84 Å². The van der Waals surface area contributed by atoms with Crippen LogP contribution in [0.2, 0.25) is 0 Å². The molecule has 0 spiro atoms. The van der Waals surface area contributed by atoms with Crippen molar-refractivity contribution in [3.63, 3.8) is 0 Å². The van der Waals surface area contributed by atoms with Crippen molar-refractivity contribution in [3.8, 4) is 0 Å². The molecule has 0 fully saturated rings. The predicted octanol–water partition coefficient (Wildman–Crippen LogP) is 2.22. The van der Waals surface area contributed by atoms with Crippen molar-refractivity contribution in [2.24, 2.45) is 0 Å². The number of ether oxygens (including phenoxy) is 1. The summed E-state index contributed by atoms with van der Waals surface area (Å²) in [5, 5.41) is 12.3. The largest absolute Gasteiger partial charge is 0.480 e. The van der Waals surface area contributed by atoms with Gasteiger partial charge in [-0.05, 0) is 12.0 Å². The van der Waals surface area contributed by atoms with Gasteiger partial charge in [0.25, 0.3) is 0 Å². The van der Waals surface area contributed by atoms with Crippen LogP contribution in [0.1, 0.15) is 31.4 Å². The van der Waals surface area contributed by atoms with Gasteiger partial charge in [0.1, 0.15) is 6.04 Å². The number of carbonyl (C=O) groups is 1. The minimum absolute atomic E-state index is 0.0937. The summed E-state index contributed by atoms with van der Waals surface area (Å²) in [5.41, 5.74) is 1.04. The Labute approximate surface area is 108 Å². The molecule has 0 radical (unpaired) electrons. The maximum Gasteiger partial charge on any atom is 0.320 e. The standard InChI is InChI=1S/C14H21NO3/c1-3-7-12(14(16)17)15-13(10-18-2)11-8-5-4-6-9-11/h4-6,8-9,12-13,15H,3,7,10H2,1-2H3,(H,16,17). The van der Waals surface area contributed by atoms with E-state index >= 15 is 0 Å². The third-order valence-electron chi connectivity index (χ3n) is 2.81. The fourth-order valence-electron chi connectivity index (χ4n) is 1.90. The van der Waals surface area contributed by atoms with Crippen molar-refractivity contribution in [1.29, 1.82) is 0 Å². The molecule has 0 amide bonds. The second-order valence-electron chi connectivity index (χ2n) is 4.26. The van der Waals surface area contributed by atoms with Crippen molar-refractivity contribution < 1.29 is 14.6 Å². The van der Waals surface area contributed by atoms with Crippen LogP contribution in [-0.2, 0) is 9.53 Å². The zero-order valence-corrected chi connectivity index (χ0v) is 10.9. The molecule has 100 valence electrons. The summed E-state index contributed by atoms with van der Waals surface area (Å²) in [7, 11) is 1.62. The Morgan fingerprint density at radius 1 is 1.39 bits per heavy atom. The van der Waals surface area contributed by atoms with Gasteiger partial charge >= 0.3 is 5.97 Å². The maximum absolute atomic E-state index is 11.2. The van der Waals surface area contributed by atoms with Crippen molar-refractivity contribution in [3.05, 3.63) is 35.9 Å². The molecule has 0 aliphatic heterocycles. The first-order valence-electron chi connectivity index (χ1n) is 6.21. The lowest BCUT2D eigenvalue weighted by Crippen LogP contribution is -2.40. The zero-order chi connectivity index (χ0) is 13.4. The average Bonchev–Trinajstić information content (AvgIpc) is 2.38. The molecule has 0 heterocycles. The Hall–Kier alpha value is -1.39. The van der Waals surface area contributed by atoms with E-state index in [9.17, 15) is 4.79 Å². The summed E-state index contributed by atoms with van der Waals surface area (Å²) in [5.74, 6) is -0.811. The fourth-order valence-corrected chi connectivity index (χ4v) is 1.90. The molecule has 0 aliphatic rings. The van der Waals surface area contributed by atoms with E-state index in [1.807, 2.05) is 37.3 Å². The lowest BCUT2D eigenvalue weighted by Gasteiger charge is -2.23. The molecule has 4 heteroatoms. The lowest BCUT2D eigenvalue weighted by molar-refractivity contribution is -0.140. The minimum Gasteiger partial charge on any atom is -0.480 e. The Morgan fingerprint density at radius 3 is 2.56 bits per heavy atom. The number of benzene rings is 1. The number of carboxylic acids is 1. The molecule has 0 saturated carbocycles. The number of aliphatic carboxylic acids is 1. The minimum atomic E-state index is -0.811. The van der Waals surface area contributed by atoms with Gasteiger partial charge in [0, 0.05) is 7.11 Å². The third kappa shape index (κ3) is 4.47. The van der Waals surface area contributed by atoms with Crippen LogP contribution in [0.25, 0.3) is 0 Å². The lowest BCUT2D eigenvalue weighted by atomic mass is 10.0. The molecule has 1 aromatic carbocycles. The van der Waals surface area contributed by atoms with E-state index in [1.54, 1.807) is 7.11 Å². The molecule has 0 aliphatic carbocycles. The van der Waals surface area contributed by atoms with Crippen molar-refractivity contribution >= 4 is 5.97 Å². The highest BCUT2D eigenvalue weighted by Crippen LogP contribution is 2.15. The molecule has 1 aromatic rings. The van der Waals surface area contributed by atoms with Crippen LogP contribution in [0.4, 0.5) is 0 Å². The summed E-state index contributed by atoms with van der Waals surface area (Å²) in [6, 6.07) is 9.14. The van der Waals surface area contributed by atoms with Gasteiger partial charge in [-0.3, -0.25) is 10.1 Å². The summed E-state index contributed by atoms with van der Waals surface area (Å²) >= 11 is 0. The van der Waals surface area contributed by atoms with Crippen LogP contribution in [0.15, 0.2) is 30.3 Å². The van der Waals surface area contributed by atoms with E-state index in [1.165, 1.54) is 0 Å². The molecular weight excluding hydrogens is 230 g/mol. The van der Waals surface area contributed by atoms with Crippen LogP contribution in [0, 0.1) is 0 Å². The summed E-state index contributed by atoms with van der Waals surface area (Å²) in [6.07, 6.45) is 1.45. The second-order valence-corrected chi connectivity index (χ2v) is 4.26. The van der Waals surface area contributed by atoms with Gasteiger partial charge in [0.05, 0.1) is 12.6 Å². The van der Waals surface area contributed by atoms with E-state index in [4.69, 9.17) is 9.84 Å². The van der Waals surface area contributed by atoms with Crippen molar-refractivity contribution in [1.82, 2.24) is 5.32 Å². The summed E-state index contributed by atoms with van der Waals surface area (Å²) < 4.78 is 5.16. The molecule has 2 N–H and O–H groups in total. The van der Waals surface area contributed by atoms with Crippen LogP contribution in [0.5, 0.6) is 0 Å². The first-order chi connectivity index (χ1) is 8.69. The molecule has 0 aromatic heterocycles. The number of nitrogens with one attached hydrogen (secondary N) is 1.